The van der Waals surface area contributed by atoms with Crippen LogP contribution in [0.3, 0.4) is 0 Å². The molecule has 4 rings (SSSR count). The smallest absolute Gasteiger partial charge is 0.343 e. The maximum absolute atomic E-state index is 13.0. The topological polar surface area (TPSA) is 78.8 Å². The minimum atomic E-state index is -0.568. The van der Waals surface area contributed by atoms with E-state index in [0.717, 1.165) is 41.7 Å². The number of nitrogens with zero attached hydrogens (tertiary/aromatic N) is 1. The van der Waals surface area contributed by atoms with E-state index in [1.807, 2.05) is 41.0 Å². The minimum absolute atomic E-state index is 0.0909. The number of aryl methyl sites for hydroxylation is 2. The molecule has 33 heavy (non-hydrogen) atoms. The molecule has 7 nitrogen and oxygen atoms in total. The minimum Gasteiger partial charge on any atom is -0.462 e. The summed E-state index contributed by atoms with van der Waals surface area (Å²) in [7, 11) is 0. The average molecular weight is 451 g/mol. The number of aromatic nitrogens is 1. The predicted octanol–water partition coefficient (Wildman–Crippen LogP) is 3.77. The van der Waals surface area contributed by atoms with Crippen LogP contribution in [0.1, 0.15) is 34.8 Å². The molecule has 3 aromatic rings. The molecule has 0 unspecified atom stereocenters. The molecule has 0 amide bonds. The molecule has 0 saturated heterocycles. The second kappa shape index (κ2) is 11.1. The van der Waals surface area contributed by atoms with E-state index in [1.165, 1.54) is 0 Å². The summed E-state index contributed by atoms with van der Waals surface area (Å²) in [5.41, 5.74) is 3.84. The first kappa shape index (κ1) is 23.0. The Morgan fingerprint density at radius 2 is 1.91 bits per heavy atom. The molecule has 0 fully saturated rings. The van der Waals surface area contributed by atoms with Crippen LogP contribution in [0.2, 0.25) is 0 Å². The van der Waals surface area contributed by atoms with E-state index in [1.54, 1.807) is 13.1 Å². The number of carbonyl (C=O) groups is 1. The van der Waals surface area contributed by atoms with Crippen molar-refractivity contribution in [1.82, 2.24) is 4.57 Å². The molecule has 0 spiro atoms. The van der Waals surface area contributed by atoms with E-state index in [9.17, 15) is 9.59 Å². The fourth-order valence-electron chi connectivity index (χ4n) is 4.15. The highest BCUT2D eigenvalue weighted by Gasteiger charge is 2.21. The molecule has 0 radical (unpaired) electrons. The molecule has 0 saturated carbocycles. The summed E-state index contributed by atoms with van der Waals surface area (Å²) in [6.07, 6.45) is 3.51. The monoisotopic (exact) mass is 450 g/mol. The second-order valence-electron chi connectivity index (χ2n) is 8.00. The molecule has 1 aliphatic heterocycles. The zero-order chi connectivity index (χ0) is 23.0. The van der Waals surface area contributed by atoms with Gasteiger partial charge in [-0.3, -0.25) is 4.79 Å². The highest BCUT2D eigenvalue weighted by molar-refractivity contribution is 5.95. The third kappa shape index (κ3) is 5.61. The Bertz CT molecular complexity index is 1160. The van der Waals surface area contributed by atoms with Crippen LogP contribution in [-0.4, -0.2) is 43.5 Å². The Balaban J connectivity index is 1.34. The molecule has 0 bridgehead atoms. The third-order valence-electron chi connectivity index (χ3n) is 5.65. The highest BCUT2D eigenvalue weighted by atomic mass is 16.5. The molecule has 1 aromatic heterocycles. The van der Waals surface area contributed by atoms with Gasteiger partial charge in [-0.15, -0.1) is 0 Å². The first-order valence-electron chi connectivity index (χ1n) is 11.5. The van der Waals surface area contributed by atoms with Crippen molar-refractivity contribution >= 4 is 22.6 Å². The summed E-state index contributed by atoms with van der Waals surface area (Å²) in [6, 6.07) is 14.0. The number of rotatable bonds is 11. The Kier molecular flexibility index (Phi) is 7.75. The molecular formula is C26H30N2O5. The summed E-state index contributed by atoms with van der Waals surface area (Å²) < 4.78 is 18.4. The molecule has 0 aliphatic carbocycles. The van der Waals surface area contributed by atoms with Gasteiger partial charge in [0.2, 0.25) is 5.43 Å². The van der Waals surface area contributed by atoms with Crippen LogP contribution in [0.25, 0.3) is 10.9 Å². The first-order valence-corrected chi connectivity index (χ1v) is 11.5. The van der Waals surface area contributed by atoms with Gasteiger partial charge in [0.15, 0.2) is 0 Å². The van der Waals surface area contributed by atoms with Gasteiger partial charge in [-0.2, -0.15) is 0 Å². The van der Waals surface area contributed by atoms with Crippen LogP contribution in [0, 0.1) is 0 Å². The largest absolute Gasteiger partial charge is 0.462 e. The fraction of sp³-hybridized carbons (Fsp3) is 0.385. The van der Waals surface area contributed by atoms with Crippen molar-refractivity contribution in [1.29, 1.82) is 0 Å². The van der Waals surface area contributed by atoms with Crippen molar-refractivity contribution < 1.29 is 19.0 Å². The number of ether oxygens (including phenoxy) is 3. The van der Waals surface area contributed by atoms with Gasteiger partial charge < -0.3 is 24.1 Å². The zero-order valence-electron chi connectivity index (χ0n) is 19.0. The molecule has 2 heterocycles. The van der Waals surface area contributed by atoms with Gasteiger partial charge in [-0.25, -0.2) is 4.79 Å². The number of benzene rings is 2. The summed E-state index contributed by atoms with van der Waals surface area (Å²) in [5.74, 6) is -0.568. The van der Waals surface area contributed by atoms with Crippen molar-refractivity contribution in [3.05, 3.63) is 75.6 Å². The number of hydrogen-bond acceptors (Lipinski definition) is 6. The maximum atomic E-state index is 13.0. The van der Waals surface area contributed by atoms with Crippen molar-refractivity contribution in [3.63, 3.8) is 0 Å². The summed E-state index contributed by atoms with van der Waals surface area (Å²) >= 11 is 0. The van der Waals surface area contributed by atoms with Gasteiger partial charge in [0.05, 0.1) is 38.6 Å². The maximum Gasteiger partial charge on any atom is 0.343 e. The van der Waals surface area contributed by atoms with E-state index in [0.29, 0.717) is 38.4 Å². The van der Waals surface area contributed by atoms with Crippen LogP contribution < -0.4 is 10.7 Å². The lowest BCUT2D eigenvalue weighted by Crippen LogP contribution is -2.23. The first-order chi connectivity index (χ1) is 16.2. The van der Waals surface area contributed by atoms with E-state index >= 15 is 0 Å². The van der Waals surface area contributed by atoms with Crippen LogP contribution in [0.4, 0.5) is 5.69 Å². The normalized spacial score (nSPS) is 12.6. The Labute approximate surface area is 193 Å². The van der Waals surface area contributed by atoms with Crippen molar-refractivity contribution in [3.8, 4) is 0 Å². The van der Waals surface area contributed by atoms with Crippen LogP contribution in [0.5, 0.6) is 0 Å². The second-order valence-corrected chi connectivity index (χ2v) is 8.00. The van der Waals surface area contributed by atoms with Gasteiger partial charge in [0.25, 0.3) is 0 Å². The van der Waals surface area contributed by atoms with Crippen molar-refractivity contribution in [2.24, 2.45) is 0 Å². The molecular weight excluding hydrogens is 420 g/mol. The summed E-state index contributed by atoms with van der Waals surface area (Å²) in [5, 5.41) is 3.89. The van der Waals surface area contributed by atoms with Gasteiger partial charge in [0.1, 0.15) is 5.56 Å². The fourth-order valence-corrected chi connectivity index (χ4v) is 4.15. The SMILES string of the molecule is CCOC(=O)c1cn2c3c(cc(NCCOCCOCc4ccccc4)cc3c1=O)CCC2. The third-order valence-corrected chi connectivity index (χ3v) is 5.65. The van der Waals surface area contributed by atoms with Crippen molar-refractivity contribution in [2.75, 3.05) is 38.3 Å². The number of nitrogens with one attached hydrogen (secondary N) is 1. The Morgan fingerprint density at radius 1 is 1.09 bits per heavy atom. The van der Waals surface area contributed by atoms with Gasteiger partial charge in [0, 0.05) is 30.4 Å². The molecule has 7 heteroatoms. The molecule has 2 aromatic carbocycles. The quantitative estimate of drug-likeness (QED) is 0.354. The van der Waals surface area contributed by atoms with Gasteiger partial charge in [-0.05, 0) is 43.0 Å². The predicted molar refractivity (Wildman–Crippen MR) is 128 cm³/mol. The highest BCUT2D eigenvalue weighted by Crippen LogP contribution is 2.27. The van der Waals surface area contributed by atoms with E-state index in [-0.39, 0.29) is 17.6 Å². The van der Waals surface area contributed by atoms with E-state index in [4.69, 9.17) is 14.2 Å². The Hall–Kier alpha value is -3.16. The molecule has 1 N–H and O–H groups in total. The summed E-state index contributed by atoms with van der Waals surface area (Å²) in [4.78, 5) is 25.3. The van der Waals surface area contributed by atoms with E-state index in [2.05, 4.69) is 11.4 Å². The Morgan fingerprint density at radius 3 is 2.73 bits per heavy atom. The standard InChI is InChI=1S/C26H30N2O5/c1-2-33-26(30)23-17-28-11-6-9-20-15-21(16-22(24(20)28)25(23)29)27-10-12-31-13-14-32-18-19-7-4-3-5-8-19/h3-5,7-8,15-17,27H,2,6,9-14,18H2,1H3. The molecule has 1 aliphatic rings. The van der Waals surface area contributed by atoms with Crippen LogP contribution in [-0.2, 0) is 33.8 Å². The van der Waals surface area contributed by atoms with Crippen LogP contribution in [0.15, 0.2) is 53.5 Å². The lowest BCUT2D eigenvalue weighted by Gasteiger charge is -2.22. The lowest BCUT2D eigenvalue weighted by molar-refractivity contribution is 0.0441. The molecule has 0 atom stereocenters. The van der Waals surface area contributed by atoms with Gasteiger partial charge in [-0.1, -0.05) is 30.3 Å². The van der Waals surface area contributed by atoms with E-state index < -0.39 is 5.97 Å². The van der Waals surface area contributed by atoms with Crippen molar-refractivity contribution in [2.45, 2.75) is 32.9 Å². The number of esters is 1. The molecule has 174 valence electrons. The number of pyridine rings is 1. The number of hydrogen-bond donors (Lipinski definition) is 1. The number of carbonyl (C=O) groups excluding carboxylic acids is 1. The number of anilines is 1. The van der Waals surface area contributed by atoms with Crippen LogP contribution >= 0.6 is 0 Å². The van der Waals surface area contributed by atoms with Gasteiger partial charge >= 0.3 is 5.97 Å². The average Bonchev–Trinajstić information content (AvgIpc) is 2.83. The summed E-state index contributed by atoms with van der Waals surface area (Å²) in [6.45, 7) is 5.51. The lowest BCUT2D eigenvalue weighted by atomic mass is 9.98. The zero-order valence-corrected chi connectivity index (χ0v) is 19.0.